The van der Waals surface area contributed by atoms with E-state index in [0.29, 0.717) is 29.8 Å². The van der Waals surface area contributed by atoms with E-state index in [0.717, 1.165) is 22.5 Å². The van der Waals surface area contributed by atoms with Crippen molar-refractivity contribution in [1.82, 2.24) is 20.1 Å². The summed E-state index contributed by atoms with van der Waals surface area (Å²) in [5, 5.41) is 10.6. The van der Waals surface area contributed by atoms with Crippen molar-refractivity contribution in [2.75, 3.05) is 5.32 Å². The van der Waals surface area contributed by atoms with Crippen molar-refractivity contribution in [3.63, 3.8) is 0 Å². The third kappa shape index (κ3) is 3.98. The van der Waals surface area contributed by atoms with Gasteiger partial charge in [0.25, 0.3) is 5.91 Å². The third-order valence-electron chi connectivity index (χ3n) is 6.31. The Balaban J connectivity index is 1.55. The molecule has 2 N–H and O–H groups in total. The molecule has 2 aliphatic rings. The molecule has 1 amide bonds. The number of carbonyl (C=O) groups is 2. The monoisotopic (exact) mass is 439 g/mol. The minimum absolute atomic E-state index is 0.0575. The highest BCUT2D eigenvalue weighted by Crippen LogP contribution is 2.45. The Morgan fingerprint density at radius 1 is 1.09 bits per heavy atom. The molecule has 3 aromatic rings. The van der Waals surface area contributed by atoms with Crippen LogP contribution < -0.4 is 10.6 Å². The van der Waals surface area contributed by atoms with Gasteiger partial charge in [-0.2, -0.15) is 5.10 Å². The van der Waals surface area contributed by atoms with Crippen molar-refractivity contribution in [3.05, 3.63) is 101 Å². The van der Waals surface area contributed by atoms with Gasteiger partial charge in [-0.05, 0) is 37.0 Å². The summed E-state index contributed by atoms with van der Waals surface area (Å²) < 4.78 is 1.70. The molecular formula is C26H25N5O2. The number of rotatable bonds is 4. The Hall–Kier alpha value is -4.00. The Bertz CT molecular complexity index is 1270. The van der Waals surface area contributed by atoms with Gasteiger partial charge in [-0.15, -0.1) is 0 Å². The second kappa shape index (κ2) is 8.50. The van der Waals surface area contributed by atoms with E-state index in [-0.39, 0.29) is 17.6 Å². The lowest BCUT2D eigenvalue weighted by atomic mass is 9.72. The molecule has 2 atom stereocenters. The van der Waals surface area contributed by atoms with Crippen LogP contribution in [0.2, 0.25) is 0 Å². The van der Waals surface area contributed by atoms with Gasteiger partial charge < -0.3 is 10.6 Å². The number of amides is 1. The largest absolute Gasteiger partial charge is 0.362 e. The van der Waals surface area contributed by atoms with Gasteiger partial charge >= 0.3 is 0 Å². The average Bonchev–Trinajstić information content (AvgIpc) is 3.25. The van der Waals surface area contributed by atoms with Crippen LogP contribution in [0.5, 0.6) is 0 Å². The maximum Gasteiger partial charge on any atom is 0.255 e. The molecule has 1 aliphatic carbocycles. The molecule has 1 aromatic carbocycles. The molecule has 0 fully saturated rings. The van der Waals surface area contributed by atoms with Crippen LogP contribution in [0.25, 0.3) is 0 Å². The van der Waals surface area contributed by atoms with Crippen LogP contribution in [0.4, 0.5) is 5.82 Å². The zero-order valence-electron chi connectivity index (χ0n) is 18.6. The van der Waals surface area contributed by atoms with Crippen LogP contribution in [-0.4, -0.2) is 26.5 Å². The lowest BCUT2D eigenvalue weighted by Gasteiger charge is -2.36. The Morgan fingerprint density at radius 2 is 1.88 bits per heavy atom. The van der Waals surface area contributed by atoms with E-state index in [1.807, 2.05) is 44.4 Å². The minimum atomic E-state index is -0.483. The number of aryl methyl sites for hydroxylation is 1. The molecule has 3 heterocycles. The fraction of sp³-hybridized carbons (Fsp3) is 0.231. The number of aromatic nitrogens is 3. The number of hydrogen-bond acceptors (Lipinski definition) is 5. The van der Waals surface area contributed by atoms with Gasteiger partial charge in [0.05, 0.1) is 6.20 Å². The average molecular weight is 440 g/mol. The molecule has 1 aliphatic heterocycles. The van der Waals surface area contributed by atoms with Crippen molar-refractivity contribution < 1.29 is 9.59 Å². The summed E-state index contributed by atoms with van der Waals surface area (Å²) >= 11 is 0. The van der Waals surface area contributed by atoms with Crippen LogP contribution in [-0.2, 0) is 16.6 Å². The summed E-state index contributed by atoms with van der Waals surface area (Å²) in [5.41, 5.74) is 4.77. The summed E-state index contributed by atoms with van der Waals surface area (Å²) in [6.07, 6.45) is 6.37. The first-order valence-electron chi connectivity index (χ1n) is 11.0. The summed E-state index contributed by atoms with van der Waals surface area (Å²) in [4.78, 5) is 31.2. The number of anilines is 1. The SMILES string of the molecule is CC1=C(C(=O)Nc2ccccn2)[C@H](c2cnn(C)c2)C2=C(C[C@@H](c3ccccc3)CC2=O)N1. The molecule has 7 heteroatoms. The van der Waals surface area contributed by atoms with Gasteiger partial charge in [0.15, 0.2) is 5.78 Å². The van der Waals surface area contributed by atoms with Crippen molar-refractivity contribution in [2.24, 2.45) is 7.05 Å². The number of ketones is 1. The highest BCUT2D eigenvalue weighted by Gasteiger charge is 2.41. The van der Waals surface area contributed by atoms with Crippen molar-refractivity contribution in [1.29, 1.82) is 0 Å². The molecule has 0 bridgehead atoms. The lowest BCUT2D eigenvalue weighted by Crippen LogP contribution is -2.37. The Morgan fingerprint density at radius 3 is 2.58 bits per heavy atom. The molecule has 166 valence electrons. The highest BCUT2D eigenvalue weighted by molar-refractivity contribution is 6.09. The van der Waals surface area contributed by atoms with Gasteiger partial charge in [0.2, 0.25) is 0 Å². The van der Waals surface area contributed by atoms with Crippen LogP contribution in [0, 0.1) is 0 Å². The first-order valence-corrected chi connectivity index (χ1v) is 11.0. The van der Waals surface area contributed by atoms with E-state index in [9.17, 15) is 9.59 Å². The molecule has 33 heavy (non-hydrogen) atoms. The number of nitrogens with zero attached hydrogens (tertiary/aromatic N) is 3. The molecular weight excluding hydrogens is 414 g/mol. The maximum atomic E-state index is 13.5. The number of nitrogens with one attached hydrogen (secondary N) is 2. The lowest BCUT2D eigenvalue weighted by molar-refractivity contribution is -0.116. The first-order chi connectivity index (χ1) is 16.0. The van der Waals surface area contributed by atoms with E-state index >= 15 is 0 Å². The van der Waals surface area contributed by atoms with E-state index in [4.69, 9.17) is 0 Å². The summed E-state index contributed by atoms with van der Waals surface area (Å²) in [6.45, 7) is 1.89. The topological polar surface area (TPSA) is 88.9 Å². The standard InChI is InChI=1S/C26H25N5O2/c1-16-23(26(33)30-22-10-6-7-11-27-22)24(19-14-28-31(2)15-19)25-20(29-16)12-18(13-21(25)32)17-8-4-3-5-9-17/h3-11,14-15,18,24,29H,12-13H2,1-2H3,(H,27,30,33)/t18-,24+/m1/s1. The number of dihydropyridines is 1. The second-order valence-electron chi connectivity index (χ2n) is 8.54. The first kappa shape index (κ1) is 20.9. The van der Waals surface area contributed by atoms with Gasteiger partial charge in [-0.1, -0.05) is 36.4 Å². The molecule has 0 spiro atoms. The predicted octanol–water partition coefficient (Wildman–Crippen LogP) is 3.82. The quantitative estimate of drug-likeness (QED) is 0.645. The zero-order valence-corrected chi connectivity index (χ0v) is 18.6. The van der Waals surface area contributed by atoms with Gasteiger partial charge in [0.1, 0.15) is 5.82 Å². The van der Waals surface area contributed by atoms with E-state index in [2.05, 4.69) is 32.8 Å². The normalized spacial score (nSPS) is 20.4. The third-order valence-corrected chi connectivity index (χ3v) is 6.31. The fourth-order valence-corrected chi connectivity index (χ4v) is 4.84. The van der Waals surface area contributed by atoms with Crippen LogP contribution in [0.1, 0.15) is 42.7 Å². The predicted molar refractivity (Wildman–Crippen MR) is 125 cm³/mol. The highest BCUT2D eigenvalue weighted by atomic mass is 16.2. The van der Waals surface area contributed by atoms with Gasteiger partial charge in [-0.25, -0.2) is 4.98 Å². The molecule has 0 saturated heterocycles. The molecule has 0 saturated carbocycles. The Labute approximate surface area is 192 Å². The summed E-state index contributed by atoms with van der Waals surface area (Å²) in [7, 11) is 1.83. The van der Waals surface area contributed by atoms with Crippen molar-refractivity contribution in [2.45, 2.75) is 31.6 Å². The van der Waals surface area contributed by atoms with Crippen LogP contribution >= 0.6 is 0 Å². The number of Topliss-reactive ketones (excluding diaryl/α,β-unsaturated/α-hetero) is 1. The number of carbonyl (C=O) groups excluding carboxylic acids is 2. The molecule has 5 rings (SSSR count). The zero-order chi connectivity index (χ0) is 22.9. The van der Waals surface area contributed by atoms with E-state index in [1.165, 1.54) is 0 Å². The molecule has 7 nitrogen and oxygen atoms in total. The molecule has 0 unspecified atom stereocenters. The van der Waals surface area contributed by atoms with Crippen LogP contribution in [0.3, 0.4) is 0 Å². The summed E-state index contributed by atoms with van der Waals surface area (Å²) in [6, 6.07) is 15.5. The van der Waals surface area contributed by atoms with Crippen molar-refractivity contribution >= 4 is 17.5 Å². The smallest absolute Gasteiger partial charge is 0.255 e. The Kier molecular flexibility index (Phi) is 5.38. The van der Waals surface area contributed by atoms with E-state index < -0.39 is 5.92 Å². The number of pyridine rings is 1. The summed E-state index contributed by atoms with van der Waals surface area (Å²) in [5.74, 6) is -0.134. The maximum absolute atomic E-state index is 13.5. The van der Waals surface area contributed by atoms with E-state index in [1.54, 1.807) is 29.2 Å². The number of hydrogen-bond donors (Lipinski definition) is 2. The van der Waals surface area contributed by atoms with Crippen LogP contribution in [0.15, 0.2) is 89.7 Å². The number of allylic oxidation sites excluding steroid dienone is 3. The minimum Gasteiger partial charge on any atom is -0.362 e. The fourth-order valence-electron chi connectivity index (χ4n) is 4.84. The second-order valence-corrected chi connectivity index (χ2v) is 8.54. The number of benzene rings is 1. The molecule has 2 aromatic heterocycles. The van der Waals surface area contributed by atoms with Crippen molar-refractivity contribution in [3.8, 4) is 0 Å². The van der Waals surface area contributed by atoms with Gasteiger partial charge in [0, 0.05) is 59.9 Å². The van der Waals surface area contributed by atoms with Gasteiger partial charge in [-0.3, -0.25) is 14.3 Å². The molecule has 0 radical (unpaired) electrons.